The predicted molar refractivity (Wildman–Crippen MR) is 149 cm³/mol. The molecule has 1 saturated heterocycles. The molecule has 3 aromatic carbocycles. The minimum atomic E-state index is -0.552. The molecule has 200 valence electrons. The monoisotopic (exact) mass is 514 g/mol. The summed E-state index contributed by atoms with van der Waals surface area (Å²) in [6.45, 7) is 7.67. The van der Waals surface area contributed by atoms with Crippen LogP contribution in [0.15, 0.2) is 66.7 Å². The maximum atomic E-state index is 14.0. The van der Waals surface area contributed by atoms with Crippen LogP contribution in [-0.4, -0.2) is 52.6 Å². The lowest BCUT2D eigenvalue weighted by atomic mass is 9.78. The zero-order chi connectivity index (χ0) is 26.8. The van der Waals surface area contributed by atoms with Gasteiger partial charge in [0.1, 0.15) is 18.0 Å². The van der Waals surface area contributed by atoms with Gasteiger partial charge >= 0.3 is 6.09 Å². The normalized spacial score (nSPS) is 17.4. The van der Waals surface area contributed by atoms with Crippen molar-refractivity contribution in [1.82, 2.24) is 9.80 Å². The molecule has 6 nitrogen and oxygen atoms in total. The van der Waals surface area contributed by atoms with E-state index in [0.29, 0.717) is 31.8 Å². The molecule has 6 heteroatoms. The van der Waals surface area contributed by atoms with Gasteiger partial charge in [-0.2, -0.15) is 0 Å². The first-order chi connectivity index (χ1) is 18.2. The summed E-state index contributed by atoms with van der Waals surface area (Å²) >= 11 is 0. The lowest BCUT2D eigenvalue weighted by Gasteiger charge is -2.52. The number of amides is 2. The van der Waals surface area contributed by atoms with Crippen molar-refractivity contribution in [2.75, 3.05) is 19.6 Å². The van der Waals surface area contributed by atoms with Crippen LogP contribution in [0.3, 0.4) is 0 Å². The summed E-state index contributed by atoms with van der Waals surface area (Å²) in [4.78, 5) is 31.0. The Hall–Kier alpha value is -3.54. The molecule has 2 aliphatic rings. The van der Waals surface area contributed by atoms with Crippen LogP contribution in [0.5, 0.6) is 5.75 Å². The molecule has 1 spiro atoms. The topological polar surface area (TPSA) is 59.1 Å². The molecule has 1 saturated carbocycles. The van der Waals surface area contributed by atoms with Crippen LogP contribution >= 0.6 is 0 Å². The first-order valence-electron chi connectivity index (χ1n) is 13.7. The first kappa shape index (κ1) is 26.1. The van der Waals surface area contributed by atoms with Crippen LogP contribution in [0.4, 0.5) is 4.79 Å². The SMILES string of the molecule is CC(C)(C)OC(=O)N1CCN(C(=O)c2cccc3ccc(OCc4ccccc4)cc23)CC12CCCCC2. The van der Waals surface area contributed by atoms with E-state index in [2.05, 4.69) is 0 Å². The lowest BCUT2D eigenvalue weighted by molar-refractivity contribution is -0.0425. The zero-order valence-electron chi connectivity index (χ0n) is 22.7. The minimum Gasteiger partial charge on any atom is -0.489 e. The van der Waals surface area contributed by atoms with Crippen LogP contribution in [-0.2, 0) is 11.3 Å². The molecule has 0 unspecified atom stereocenters. The maximum Gasteiger partial charge on any atom is 0.410 e. The number of hydrogen-bond acceptors (Lipinski definition) is 4. The molecule has 0 radical (unpaired) electrons. The molecule has 5 rings (SSSR count). The Balaban J connectivity index is 1.38. The zero-order valence-corrected chi connectivity index (χ0v) is 22.7. The average Bonchev–Trinajstić information content (AvgIpc) is 2.91. The number of nitrogens with zero attached hydrogens (tertiary/aromatic N) is 2. The van der Waals surface area contributed by atoms with Gasteiger partial charge in [0.05, 0.1) is 5.54 Å². The molecule has 0 aromatic heterocycles. The van der Waals surface area contributed by atoms with Crippen LogP contribution in [0, 0.1) is 0 Å². The number of piperazine rings is 1. The van der Waals surface area contributed by atoms with E-state index in [1.165, 1.54) is 0 Å². The van der Waals surface area contributed by atoms with Crippen LogP contribution < -0.4 is 4.74 Å². The second kappa shape index (κ2) is 10.7. The molecule has 1 aliphatic carbocycles. The number of carbonyl (C=O) groups excluding carboxylic acids is 2. The summed E-state index contributed by atoms with van der Waals surface area (Å²) in [7, 11) is 0. The van der Waals surface area contributed by atoms with Gasteiger partial charge in [0.25, 0.3) is 5.91 Å². The Labute approximate surface area is 225 Å². The highest BCUT2D eigenvalue weighted by Crippen LogP contribution is 2.38. The maximum absolute atomic E-state index is 14.0. The summed E-state index contributed by atoms with van der Waals surface area (Å²) in [5.41, 5.74) is 0.841. The van der Waals surface area contributed by atoms with Gasteiger partial charge < -0.3 is 14.4 Å². The number of hydrogen-bond donors (Lipinski definition) is 0. The van der Waals surface area contributed by atoms with E-state index in [-0.39, 0.29) is 17.5 Å². The highest BCUT2D eigenvalue weighted by molar-refractivity contribution is 6.07. The highest BCUT2D eigenvalue weighted by Gasteiger charge is 2.47. The van der Waals surface area contributed by atoms with E-state index in [9.17, 15) is 9.59 Å². The van der Waals surface area contributed by atoms with Gasteiger partial charge in [-0.05, 0) is 68.1 Å². The minimum absolute atomic E-state index is 0.00426. The molecule has 1 heterocycles. The van der Waals surface area contributed by atoms with E-state index >= 15 is 0 Å². The van der Waals surface area contributed by atoms with Crippen molar-refractivity contribution in [3.8, 4) is 5.75 Å². The van der Waals surface area contributed by atoms with Crippen molar-refractivity contribution < 1.29 is 19.1 Å². The van der Waals surface area contributed by atoms with Gasteiger partial charge in [0.2, 0.25) is 0 Å². The van der Waals surface area contributed by atoms with Crippen molar-refractivity contribution in [3.05, 3.63) is 77.9 Å². The molecule has 2 fully saturated rings. The molecule has 3 aromatic rings. The van der Waals surface area contributed by atoms with E-state index in [1.807, 2.05) is 97.3 Å². The molecule has 0 atom stereocenters. The van der Waals surface area contributed by atoms with E-state index in [1.54, 1.807) is 0 Å². The third-order valence-electron chi connectivity index (χ3n) is 7.67. The Morgan fingerprint density at radius 3 is 2.39 bits per heavy atom. The van der Waals surface area contributed by atoms with Gasteiger partial charge in [-0.3, -0.25) is 9.69 Å². The number of rotatable bonds is 4. The second-order valence-corrected chi connectivity index (χ2v) is 11.6. The van der Waals surface area contributed by atoms with Crippen molar-refractivity contribution >= 4 is 22.8 Å². The lowest BCUT2D eigenvalue weighted by Crippen LogP contribution is -2.65. The number of ether oxygens (including phenoxy) is 2. The summed E-state index contributed by atoms with van der Waals surface area (Å²) in [5, 5.41) is 1.89. The van der Waals surface area contributed by atoms with Crippen molar-refractivity contribution in [1.29, 1.82) is 0 Å². The Bertz CT molecular complexity index is 1290. The fourth-order valence-electron chi connectivity index (χ4n) is 5.83. The standard InChI is InChI=1S/C32H38N2O4/c1-31(2,3)38-30(36)34-20-19-33(23-32(34)17-8-5-9-18-32)29(35)27-14-10-13-25-15-16-26(21-28(25)27)37-22-24-11-6-4-7-12-24/h4,6-7,10-16,21H,5,8-9,17-20,22-23H2,1-3H3. The number of carbonyl (C=O) groups is 2. The molecular weight excluding hydrogens is 476 g/mol. The van der Waals surface area contributed by atoms with Gasteiger partial charge in [-0.25, -0.2) is 4.79 Å². The predicted octanol–water partition coefficient (Wildman–Crippen LogP) is 6.81. The molecule has 2 amide bonds. The van der Waals surface area contributed by atoms with Crippen molar-refractivity contribution in [2.24, 2.45) is 0 Å². The van der Waals surface area contributed by atoms with Crippen LogP contribution in [0.2, 0.25) is 0 Å². The number of fused-ring (bicyclic) bond motifs is 1. The van der Waals surface area contributed by atoms with Crippen LogP contribution in [0.1, 0.15) is 68.8 Å². The third-order valence-corrected chi connectivity index (χ3v) is 7.67. The van der Waals surface area contributed by atoms with Crippen molar-refractivity contribution in [3.63, 3.8) is 0 Å². The summed E-state index contributed by atoms with van der Waals surface area (Å²) < 4.78 is 11.8. The summed E-state index contributed by atoms with van der Waals surface area (Å²) in [6, 6.07) is 21.9. The van der Waals surface area contributed by atoms with E-state index < -0.39 is 5.60 Å². The fourth-order valence-corrected chi connectivity index (χ4v) is 5.83. The molecular formula is C32H38N2O4. The Morgan fingerprint density at radius 1 is 0.895 bits per heavy atom. The van der Waals surface area contributed by atoms with Crippen LogP contribution in [0.25, 0.3) is 10.8 Å². The number of benzene rings is 3. The first-order valence-corrected chi connectivity index (χ1v) is 13.7. The van der Waals surface area contributed by atoms with Crippen molar-refractivity contribution in [2.45, 2.75) is 70.6 Å². The van der Waals surface area contributed by atoms with E-state index in [0.717, 1.165) is 54.2 Å². The Kier molecular flexibility index (Phi) is 7.33. The van der Waals surface area contributed by atoms with Gasteiger partial charge in [-0.15, -0.1) is 0 Å². The Morgan fingerprint density at radius 2 is 1.66 bits per heavy atom. The van der Waals surface area contributed by atoms with Gasteiger partial charge in [0, 0.05) is 25.2 Å². The van der Waals surface area contributed by atoms with Gasteiger partial charge in [0.15, 0.2) is 0 Å². The molecule has 0 bridgehead atoms. The smallest absolute Gasteiger partial charge is 0.410 e. The summed E-state index contributed by atoms with van der Waals surface area (Å²) in [6.07, 6.45) is 4.78. The van der Waals surface area contributed by atoms with E-state index in [4.69, 9.17) is 9.47 Å². The summed E-state index contributed by atoms with van der Waals surface area (Å²) in [5.74, 6) is 0.740. The largest absolute Gasteiger partial charge is 0.489 e. The third kappa shape index (κ3) is 5.64. The average molecular weight is 515 g/mol. The fraction of sp³-hybridized carbons (Fsp3) is 0.438. The highest BCUT2D eigenvalue weighted by atomic mass is 16.6. The second-order valence-electron chi connectivity index (χ2n) is 11.6. The van der Waals surface area contributed by atoms with Gasteiger partial charge in [-0.1, -0.05) is 67.8 Å². The molecule has 1 aliphatic heterocycles. The quantitative estimate of drug-likeness (QED) is 0.384. The molecule has 38 heavy (non-hydrogen) atoms. The molecule has 0 N–H and O–H groups in total.